The first-order valence-electron chi connectivity index (χ1n) is 9.26. The van der Waals surface area contributed by atoms with E-state index in [1.165, 1.54) is 0 Å². The van der Waals surface area contributed by atoms with E-state index in [9.17, 15) is 9.59 Å². The molecule has 0 saturated heterocycles. The Kier molecular flexibility index (Phi) is 7.87. The third-order valence-corrected chi connectivity index (χ3v) is 4.27. The number of unbranched alkanes of at least 4 members (excludes halogenated alkanes) is 2. The maximum atomic E-state index is 12.3. The fourth-order valence-corrected chi connectivity index (χ4v) is 2.77. The quantitative estimate of drug-likeness (QED) is 0.477. The molecule has 0 amide bonds. The molecule has 138 valence electrons. The summed E-state index contributed by atoms with van der Waals surface area (Å²) in [7, 11) is 0. The van der Waals surface area contributed by atoms with Gasteiger partial charge in [0.05, 0.1) is 11.1 Å². The average Bonchev–Trinajstić information content (AvgIpc) is 2.69. The lowest BCUT2D eigenvalue weighted by molar-refractivity contribution is -0.187. The second kappa shape index (κ2) is 10.4. The van der Waals surface area contributed by atoms with Gasteiger partial charge in [-0.05, 0) is 48.9 Å². The van der Waals surface area contributed by atoms with E-state index in [0.29, 0.717) is 11.1 Å². The molecule has 4 heteroatoms. The van der Waals surface area contributed by atoms with Gasteiger partial charge in [-0.1, -0.05) is 63.1 Å². The molecule has 0 aliphatic heterocycles. The number of aryl methyl sites for hydroxylation is 2. The molecule has 0 saturated carbocycles. The van der Waals surface area contributed by atoms with E-state index >= 15 is 0 Å². The van der Waals surface area contributed by atoms with E-state index in [-0.39, 0.29) is 0 Å². The summed E-state index contributed by atoms with van der Waals surface area (Å²) in [5.41, 5.74) is 2.68. The Labute approximate surface area is 155 Å². The van der Waals surface area contributed by atoms with Crippen LogP contribution in [0.4, 0.5) is 0 Å². The minimum absolute atomic E-state index is 0.438. The topological polar surface area (TPSA) is 52.6 Å². The number of rotatable bonds is 8. The molecular weight excluding hydrogens is 328 g/mol. The lowest BCUT2D eigenvalue weighted by Crippen LogP contribution is -2.14. The van der Waals surface area contributed by atoms with Crippen molar-refractivity contribution in [3.63, 3.8) is 0 Å². The van der Waals surface area contributed by atoms with Gasteiger partial charge in [0, 0.05) is 0 Å². The summed E-state index contributed by atoms with van der Waals surface area (Å²) >= 11 is 0. The van der Waals surface area contributed by atoms with Crippen LogP contribution in [0.3, 0.4) is 0 Å². The number of hydrogen-bond donors (Lipinski definition) is 0. The van der Waals surface area contributed by atoms with Crippen LogP contribution in [0.15, 0.2) is 48.5 Å². The molecule has 0 N–H and O–H groups in total. The van der Waals surface area contributed by atoms with Crippen molar-refractivity contribution in [1.29, 1.82) is 0 Å². The Morgan fingerprint density at radius 3 is 1.46 bits per heavy atom. The monoisotopic (exact) mass is 354 g/mol. The highest BCUT2D eigenvalue weighted by Gasteiger charge is 2.18. The predicted octanol–water partition coefficient (Wildman–Crippen LogP) is 5.30. The van der Waals surface area contributed by atoms with E-state index in [1.807, 2.05) is 24.3 Å². The maximum absolute atomic E-state index is 12.3. The molecule has 4 nitrogen and oxygen atoms in total. The van der Waals surface area contributed by atoms with Gasteiger partial charge in [-0.25, -0.2) is 19.4 Å². The van der Waals surface area contributed by atoms with E-state index in [2.05, 4.69) is 13.8 Å². The van der Waals surface area contributed by atoms with Gasteiger partial charge in [0.2, 0.25) is 0 Å². The van der Waals surface area contributed by atoms with Gasteiger partial charge < -0.3 is 0 Å². The highest BCUT2D eigenvalue weighted by molar-refractivity contribution is 5.93. The van der Waals surface area contributed by atoms with Crippen molar-refractivity contribution in [2.45, 2.75) is 52.4 Å². The standard InChI is InChI=1S/C22H26O4/c1-3-5-11-17-13-7-9-15-19(17)21(23)25-26-22(24)20-16-10-8-14-18(20)12-6-4-2/h7-10,13-16H,3-6,11-12H2,1-2H3. The van der Waals surface area contributed by atoms with Crippen molar-refractivity contribution in [2.75, 3.05) is 0 Å². The molecule has 0 atom stereocenters. The van der Waals surface area contributed by atoms with Crippen LogP contribution in [-0.2, 0) is 22.6 Å². The normalized spacial score (nSPS) is 10.4. The predicted molar refractivity (Wildman–Crippen MR) is 101 cm³/mol. The lowest BCUT2D eigenvalue weighted by Gasteiger charge is -2.09. The third kappa shape index (κ3) is 5.45. The highest BCUT2D eigenvalue weighted by Crippen LogP contribution is 2.16. The van der Waals surface area contributed by atoms with Crippen LogP contribution >= 0.6 is 0 Å². The van der Waals surface area contributed by atoms with Gasteiger partial charge in [0.15, 0.2) is 0 Å². The fraction of sp³-hybridized carbons (Fsp3) is 0.364. The van der Waals surface area contributed by atoms with Crippen LogP contribution in [-0.4, -0.2) is 11.9 Å². The van der Waals surface area contributed by atoms with Gasteiger partial charge in [0.1, 0.15) is 0 Å². The highest BCUT2D eigenvalue weighted by atomic mass is 17.2. The van der Waals surface area contributed by atoms with Crippen molar-refractivity contribution < 1.29 is 19.4 Å². The summed E-state index contributed by atoms with van der Waals surface area (Å²) < 4.78 is 0. The summed E-state index contributed by atoms with van der Waals surface area (Å²) in [6.07, 6.45) is 5.61. The minimum Gasteiger partial charge on any atom is -0.241 e. The second-order valence-electron chi connectivity index (χ2n) is 6.26. The van der Waals surface area contributed by atoms with Crippen LogP contribution in [0.5, 0.6) is 0 Å². The summed E-state index contributed by atoms with van der Waals surface area (Å²) in [6, 6.07) is 14.5. The molecule has 0 spiro atoms. The lowest BCUT2D eigenvalue weighted by atomic mass is 10.0. The summed E-state index contributed by atoms with van der Waals surface area (Å²) in [4.78, 5) is 34.3. The van der Waals surface area contributed by atoms with Crippen molar-refractivity contribution >= 4 is 11.9 Å². The van der Waals surface area contributed by atoms with E-state index in [0.717, 1.165) is 49.7 Å². The van der Waals surface area contributed by atoms with Crippen molar-refractivity contribution in [2.24, 2.45) is 0 Å². The molecule has 0 aliphatic carbocycles. The summed E-state index contributed by atoms with van der Waals surface area (Å²) in [6.45, 7) is 4.19. The van der Waals surface area contributed by atoms with Gasteiger partial charge in [-0.2, -0.15) is 0 Å². The Morgan fingerprint density at radius 1 is 0.692 bits per heavy atom. The van der Waals surface area contributed by atoms with Crippen LogP contribution in [0.2, 0.25) is 0 Å². The molecule has 0 radical (unpaired) electrons. The van der Waals surface area contributed by atoms with Gasteiger partial charge in [0.25, 0.3) is 0 Å². The first-order chi connectivity index (χ1) is 12.7. The molecular formula is C22H26O4. The van der Waals surface area contributed by atoms with Crippen molar-refractivity contribution in [1.82, 2.24) is 0 Å². The second-order valence-corrected chi connectivity index (χ2v) is 6.26. The largest absolute Gasteiger partial charge is 0.386 e. The molecule has 26 heavy (non-hydrogen) atoms. The van der Waals surface area contributed by atoms with Crippen LogP contribution < -0.4 is 0 Å². The molecule has 2 aromatic rings. The molecule has 2 aromatic carbocycles. The smallest absolute Gasteiger partial charge is 0.241 e. The minimum atomic E-state index is -0.643. The Balaban J connectivity index is 2.03. The molecule has 0 heterocycles. The summed E-state index contributed by atoms with van der Waals surface area (Å²) in [5.74, 6) is -1.29. The number of benzene rings is 2. The molecule has 0 aliphatic rings. The van der Waals surface area contributed by atoms with Gasteiger partial charge >= 0.3 is 11.9 Å². The Hall–Kier alpha value is -2.62. The number of carbonyl (C=O) groups is 2. The first-order valence-corrected chi connectivity index (χ1v) is 9.26. The van der Waals surface area contributed by atoms with E-state index < -0.39 is 11.9 Å². The van der Waals surface area contributed by atoms with E-state index in [1.54, 1.807) is 24.3 Å². The zero-order chi connectivity index (χ0) is 18.8. The number of carbonyl (C=O) groups excluding carboxylic acids is 2. The van der Waals surface area contributed by atoms with Crippen LogP contribution in [0, 0.1) is 0 Å². The zero-order valence-electron chi connectivity index (χ0n) is 15.5. The molecule has 0 aromatic heterocycles. The first kappa shape index (κ1) is 19.7. The fourth-order valence-electron chi connectivity index (χ4n) is 2.77. The zero-order valence-corrected chi connectivity index (χ0v) is 15.5. The van der Waals surface area contributed by atoms with Gasteiger partial charge in [-0.3, -0.25) is 0 Å². The molecule has 0 unspecified atom stereocenters. The SMILES string of the molecule is CCCCc1ccccc1C(=O)OOC(=O)c1ccccc1CCCC. The van der Waals surface area contributed by atoms with E-state index in [4.69, 9.17) is 9.78 Å². The van der Waals surface area contributed by atoms with Crippen LogP contribution in [0.25, 0.3) is 0 Å². The van der Waals surface area contributed by atoms with Crippen LogP contribution in [0.1, 0.15) is 71.4 Å². The Morgan fingerprint density at radius 2 is 1.08 bits per heavy atom. The van der Waals surface area contributed by atoms with Crippen molar-refractivity contribution in [3.8, 4) is 0 Å². The van der Waals surface area contributed by atoms with Gasteiger partial charge in [-0.15, -0.1) is 0 Å². The number of hydrogen-bond acceptors (Lipinski definition) is 4. The average molecular weight is 354 g/mol. The Bertz CT molecular complexity index is 673. The molecule has 0 fully saturated rings. The maximum Gasteiger partial charge on any atom is 0.386 e. The van der Waals surface area contributed by atoms with Crippen molar-refractivity contribution in [3.05, 3.63) is 70.8 Å². The third-order valence-electron chi connectivity index (χ3n) is 4.27. The molecule has 0 bridgehead atoms. The summed E-state index contributed by atoms with van der Waals surface area (Å²) in [5, 5.41) is 0. The molecule has 2 rings (SSSR count).